The summed E-state index contributed by atoms with van der Waals surface area (Å²) < 4.78 is 0. The minimum atomic E-state index is 0.665. The van der Waals surface area contributed by atoms with Gasteiger partial charge in [0.25, 0.3) is 0 Å². The van der Waals surface area contributed by atoms with E-state index >= 15 is 0 Å². The highest BCUT2D eigenvalue weighted by molar-refractivity contribution is 5.17. The maximum Gasteiger partial charge on any atom is 0.00804 e. The molecule has 0 aromatic carbocycles. The predicted octanol–water partition coefficient (Wildman–Crippen LogP) is 3.63. The van der Waals surface area contributed by atoms with Crippen molar-refractivity contribution < 1.29 is 0 Å². The molecule has 0 saturated carbocycles. The highest BCUT2D eigenvalue weighted by Gasteiger charge is 2.10. The Bertz CT molecular complexity index is 185. The number of hydrogen-bond donors (Lipinski definition) is 0. The summed E-state index contributed by atoms with van der Waals surface area (Å²) in [5, 5.41) is 0. The molecule has 0 amide bonds. The zero-order chi connectivity index (χ0) is 10.9. The van der Waals surface area contributed by atoms with E-state index < -0.39 is 0 Å². The zero-order valence-electron chi connectivity index (χ0n) is 10.3. The molecule has 0 fully saturated rings. The Morgan fingerprint density at radius 1 is 0.933 bits per heavy atom. The van der Waals surface area contributed by atoms with Gasteiger partial charge in [0.1, 0.15) is 0 Å². The van der Waals surface area contributed by atoms with Gasteiger partial charge in [-0.2, -0.15) is 0 Å². The summed E-state index contributed by atoms with van der Waals surface area (Å²) in [6.07, 6.45) is 14.2. The maximum absolute atomic E-state index is 2.62. The van der Waals surface area contributed by atoms with Crippen molar-refractivity contribution in [3.8, 4) is 0 Å². The molecule has 0 atom stereocenters. The first-order chi connectivity index (χ1) is 7.36. The van der Waals surface area contributed by atoms with Gasteiger partial charge in [0.2, 0.25) is 0 Å². The number of rotatable bonds is 8. The van der Waals surface area contributed by atoms with Crippen LogP contribution in [0, 0.1) is 5.92 Å². The molecule has 1 nitrogen and oxygen atoms in total. The van der Waals surface area contributed by atoms with Gasteiger partial charge in [-0.15, -0.1) is 0 Å². The third kappa shape index (κ3) is 5.17. The van der Waals surface area contributed by atoms with Crippen molar-refractivity contribution in [2.45, 2.75) is 39.5 Å². The summed E-state index contributed by atoms with van der Waals surface area (Å²) in [5.74, 6) is 0.665. The molecule has 0 heterocycles. The average molecular weight is 207 g/mol. The lowest BCUT2D eigenvalue weighted by atomic mass is 10.1. The first-order valence-corrected chi connectivity index (χ1v) is 6.44. The van der Waals surface area contributed by atoms with E-state index in [0.29, 0.717) is 5.92 Å². The Balaban J connectivity index is 2.26. The predicted molar refractivity (Wildman–Crippen MR) is 68.0 cm³/mol. The molecule has 0 unspecified atom stereocenters. The summed E-state index contributed by atoms with van der Waals surface area (Å²) in [6, 6.07) is 0. The van der Waals surface area contributed by atoms with Crippen molar-refractivity contribution in [1.82, 2.24) is 4.90 Å². The second-order valence-corrected chi connectivity index (χ2v) is 4.44. The van der Waals surface area contributed by atoms with E-state index in [2.05, 4.69) is 43.1 Å². The quantitative estimate of drug-likeness (QED) is 0.587. The third-order valence-electron chi connectivity index (χ3n) is 2.95. The molecule has 0 spiro atoms. The van der Waals surface area contributed by atoms with Crippen LogP contribution in [0.25, 0.3) is 0 Å². The van der Waals surface area contributed by atoms with Gasteiger partial charge in [-0.05, 0) is 25.9 Å². The molecule has 0 aliphatic heterocycles. The Morgan fingerprint density at radius 2 is 1.47 bits per heavy atom. The van der Waals surface area contributed by atoms with E-state index in [9.17, 15) is 0 Å². The van der Waals surface area contributed by atoms with Gasteiger partial charge in [-0.1, -0.05) is 51.0 Å². The van der Waals surface area contributed by atoms with Gasteiger partial charge in [-0.3, -0.25) is 0 Å². The van der Waals surface area contributed by atoms with E-state index in [1.165, 1.54) is 45.3 Å². The number of nitrogens with zero attached hydrogens (tertiary/aromatic N) is 1. The number of allylic oxidation sites excluding steroid dienone is 2. The van der Waals surface area contributed by atoms with Crippen molar-refractivity contribution in [1.29, 1.82) is 0 Å². The van der Waals surface area contributed by atoms with Crippen LogP contribution in [-0.2, 0) is 0 Å². The van der Waals surface area contributed by atoms with Crippen LogP contribution in [0.3, 0.4) is 0 Å². The van der Waals surface area contributed by atoms with Crippen molar-refractivity contribution in [3.05, 3.63) is 24.3 Å². The molecule has 0 aromatic rings. The Hall–Kier alpha value is -0.560. The fraction of sp³-hybridized carbons (Fsp3) is 0.714. The fourth-order valence-corrected chi connectivity index (χ4v) is 1.96. The van der Waals surface area contributed by atoms with Gasteiger partial charge in [0.15, 0.2) is 0 Å². The van der Waals surface area contributed by atoms with Crippen LogP contribution in [0.4, 0.5) is 0 Å². The first-order valence-electron chi connectivity index (χ1n) is 6.44. The van der Waals surface area contributed by atoms with E-state index in [4.69, 9.17) is 0 Å². The molecule has 1 rings (SSSR count). The summed E-state index contributed by atoms with van der Waals surface area (Å²) in [7, 11) is 0. The third-order valence-corrected chi connectivity index (χ3v) is 2.95. The Morgan fingerprint density at radius 3 is 1.93 bits per heavy atom. The van der Waals surface area contributed by atoms with Gasteiger partial charge in [0, 0.05) is 12.5 Å². The molecule has 1 heteroatoms. The topological polar surface area (TPSA) is 3.24 Å². The van der Waals surface area contributed by atoms with Crippen LogP contribution in [0.1, 0.15) is 39.5 Å². The highest BCUT2D eigenvalue weighted by Crippen LogP contribution is 2.12. The van der Waals surface area contributed by atoms with Crippen molar-refractivity contribution in [3.63, 3.8) is 0 Å². The second-order valence-electron chi connectivity index (χ2n) is 4.44. The van der Waals surface area contributed by atoms with E-state index in [1.807, 2.05) is 0 Å². The van der Waals surface area contributed by atoms with Crippen molar-refractivity contribution in [2.24, 2.45) is 5.92 Å². The van der Waals surface area contributed by atoms with Gasteiger partial charge < -0.3 is 4.90 Å². The summed E-state index contributed by atoms with van der Waals surface area (Å²) in [5.41, 5.74) is 0. The molecular formula is C14H25N. The smallest absolute Gasteiger partial charge is 0.00804 e. The van der Waals surface area contributed by atoms with Crippen LogP contribution in [0.15, 0.2) is 24.3 Å². The molecule has 1 aliphatic carbocycles. The van der Waals surface area contributed by atoms with Crippen molar-refractivity contribution in [2.75, 3.05) is 19.6 Å². The summed E-state index contributed by atoms with van der Waals surface area (Å²) in [4.78, 5) is 2.62. The summed E-state index contributed by atoms with van der Waals surface area (Å²) >= 11 is 0. The van der Waals surface area contributed by atoms with Crippen LogP contribution in [0.5, 0.6) is 0 Å². The number of hydrogen-bond acceptors (Lipinski definition) is 1. The van der Waals surface area contributed by atoms with E-state index in [1.54, 1.807) is 0 Å². The van der Waals surface area contributed by atoms with Crippen molar-refractivity contribution >= 4 is 0 Å². The molecule has 15 heavy (non-hydrogen) atoms. The largest absolute Gasteiger partial charge is 0.302 e. The highest BCUT2D eigenvalue weighted by atomic mass is 15.1. The Labute approximate surface area is 94.9 Å². The molecule has 86 valence electrons. The lowest BCUT2D eigenvalue weighted by Crippen LogP contribution is -2.30. The molecule has 0 aromatic heterocycles. The molecule has 0 bridgehead atoms. The van der Waals surface area contributed by atoms with E-state index in [-0.39, 0.29) is 0 Å². The molecular weight excluding hydrogens is 182 g/mol. The van der Waals surface area contributed by atoms with Gasteiger partial charge in [0.05, 0.1) is 0 Å². The van der Waals surface area contributed by atoms with Crippen LogP contribution in [0.2, 0.25) is 0 Å². The Kier molecular flexibility index (Phi) is 6.42. The molecule has 0 saturated heterocycles. The minimum Gasteiger partial charge on any atom is -0.302 e. The van der Waals surface area contributed by atoms with E-state index in [0.717, 1.165) is 0 Å². The van der Waals surface area contributed by atoms with Gasteiger partial charge in [-0.25, -0.2) is 0 Å². The minimum absolute atomic E-state index is 0.665. The van der Waals surface area contributed by atoms with Crippen LogP contribution >= 0.6 is 0 Å². The monoisotopic (exact) mass is 207 g/mol. The SMILES string of the molecule is CCCCN(CCCC)CC1C=CC=C1. The standard InChI is InChI=1S/C14H25N/c1-3-5-11-15(12-6-4-2)13-14-9-7-8-10-14/h7-10,14H,3-6,11-13H2,1-2H3. The summed E-state index contributed by atoms with van der Waals surface area (Å²) in [6.45, 7) is 8.30. The maximum atomic E-state index is 2.62. The average Bonchev–Trinajstić information content (AvgIpc) is 2.74. The van der Waals surface area contributed by atoms with Crippen LogP contribution in [-0.4, -0.2) is 24.5 Å². The lowest BCUT2D eigenvalue weighted by molar-refractivity contribution is 0.254. The normalized spacial score (nSPS) is 15.7. The molecule has 0 radical (unpaired) electrons. The van der Waals surface area contributed by atoms with Gasteiger partial charge >= 0.3 is 0 Å². The first kappa shape index (κ1) is 12.5. The zero-order valence-corrected chi connectivity index (χ0v) is 10.3. The molecule has 1 aliphatic rings. The fourth-order valence-electron chi connectivity index (χ4n) is 1.96. The van der Waals surface area contributed by atoms with Crippen LogP contribution < -0.4 is 0 Å². The lowest BCUT2D eigenvalue weighted by Gasteiger charge is -2.23. The second kappa shape index (κ2) is 7.70. The number of unbranched alkanes of at least 4 members (excludes halogenated alkanes) is 2. The molecule has 0 N–H and O–H groups in total.